The molecule has 2 aromatic heterocycles. The zero-order valence-corrected chi connectivity index (χ0v) is 21.4. The number of hydrogen-bond acceptors (Lipinski definition) is 6. The maximum absolute atomic E-state index is 6.11. The minimum absolute atomic E-state index is 0.0783. The number of fused-ring (bicyclic) bond motifs is 1. The van der Waals surface area contributed by atoms with E-state index >= 15 is 0 Å². The van der Waals surface area contributed by atoms with Gasteiger partial charge >= 0.3 is 0 Å². The van der Waals surface area contributed by atoms with Crippen LogP contribution in [0, 0.1) is 0 Å². The minimum atomic E-state index is -0.0783. The van der Waals surface area contributed by atoms with Gasteiger partial charge in [-0.1, -0.05) is 72.4 Å². The van der Waals surface area contributed by atoms with Crippen LogP contribution in [0.15, 0.2) is 101 Å². The Morgan fingerprint density at radius 3 is 2.38 bits per heavy atom. The van der Waals surface area contributed by atoms with Crippen LogP contribution in [0.2, 0.25) is 0 Å². The normalized spacial score (nSPS) is 15.5. The molecule has 6 nitrogen and oxygen atoms in total. The van der Waals surface area contributed by atoms with Crippen molar-refractivity contribution < 1.29 is 4.74 Å². The maximum atomic E-state index is 6.11. The third-order valence-electron chi connectivity index (χ3n) is 6.51. The van der Waals surface area contributed by atoms with Crippen molar-refractivity contribution in [2.24, 2.45) is 4.99 Å². The van der Waals surface area contributed by atoms with Crippen molar-refractivity contribution in [3.05, 3.63) is 102 Å². The summed E-state index contributed by atoms with van der Waals surface area (Å²) in [4.78, 5) is 14.3. The molecule has 1 atom stereocenters. The van der Waals surface area contributed by atoms with Gasteiger partial charge < -0.3 is 4.74 Å². The molecule has 0 bridgehead atoms. The highest BCUT2D eigenvalue weighted by atomic mass is 32.2. The summed E-state index contributed by atoms with van der Waals surface area (Å²) < 4.78 is 8.13. The number of rotatable bonds is 6. The van der Waals surface area contributed by atoms with E-state index in [1.54, 1.807) is 6.20 Å². The van der Waals surface area contributed by atoms with Crippen LogP contribution in [0.25, 0.3) is 22.3 Å². The van der Waals surface area contributed by atoms with E-state index in [0.29, 0.717) is 0 Å². The Balaban J connectivity index is 1.52. The van der Waals surface area contributed by atoms with Crippen LogP contribution in [0.3, 0.4) is 0 Å². The molecule has 0 saturated carbocycles. The first-order chi connectivity index (χ1) is 18.3. The lowest BCUT2D eigenvalue weighted by Gasteiger charge is -2.23. The molecule has 37 heavy (non-hydrogen) atoms. The topological polar surface area (TPSA) is 65.2 Å². The summed E-state index contributed by atoms with van der Waals surface area (Å²) in [5, 5.41) is 6.76. The molecular weight excluding hydrogens is 478 g/mol. The van der Waals surface area contributed by atoms with Gasteiger partial charge in [-0.2, -0.15) is 5.10 Å². The standard InChI is InChI=1S/C30H27N5OS/c1-37-30-31-18-17-25(33-30)29-24-20-23(15-16-26(24)35(34-29)27-14-8-9-19-36-27)32-28(21-10-4-2-5-11-21)22-12-6-3-7-13-22/h2-7,10-13,15-18,20,27H,8-9,14,19H2,1H3. The molecule has 1 aliphatic rings. The number of nitrogens with zero attached hydrogens (tertiary/aromatic N) is 5. The predicted octanol–water partition coefficient (Wildman–Crippen LogP) is 7.08. The smallest absolute Gasteiger partial charge is 0.187 e. The van der Waals surface area contributed by atoms with Crippen LogP contribution in [0.4, 0.5) is 5.69 Å². The van der Waals surface area contributed by atoms with Crippen LogP contribution < -0.4 is 0 Å². The van der Waals surface area contributed by atoms with Gasteiger partial charge in [-0.05, 0) is 49.8 Å². The molecule has 0 radical (unpaired) electrons. The van der Waals surface area contributed by atoms with Crippen molar-refractivity contribution in [1.29, 1.82) is 0 Å². The molecule has 3 heterocycles. The average molecular weight is 506 g/mol. The molecule has 1 unspecified atom stereocenters. The molecule has 7 heteroatoms. The van der Waals surface area contributed by atoms with Crippen molar-refractivity contribution in [2.45, 2.75) is 30.6 Å². The molecule has 0 spiro atoms. The average Bonchev–Trinajstić information content (AvgIpc) is 3.36. The van der Waals surface area contributed by atoms with E-state index in [2.05, 4.69) is 47.4 Å². The Kier molecular flexibility index (Phi) is 6.80. The molecule has 184 valence electrons. The van der Waals surface area contributed by atoms with E-state index in [1.807, 2.05) is 53.4 Å². The second-order valence-electron chi connectivity index (χ2n) is 8.94. The molecule has 0 aliphatic carbocycles. The van der Waals surface area contributed by atoms with Gasteiger partial charge in [0.15, 0.2) is 11.4 Å². The molecule has 0 amide bonds. The number of ether oxygens (including phenoxy) is 1. The summed E-state index contributed by atoms with van der Waals surface area (Å²) in [6, 6.07) is 28.8. The lowest BCUT2D eigenvalue weighted by atomic mass is 10.0. The molecule has 1 aliphatic heterocycles. The van der Waals surface area contributed by atoms with Gasteiger partial charge in [0.05, 0.1) is 22.6 Å². The second-order valence-corrected chi connectivity index (χ2v) is 9.71. The fourth-order valence-electron chi connectivity index (χ4n) is 4.71. The molecule has 0 N–H and O–H groups in total. The summed E-state index contributed by atoms with van der Waals surface area (Å²) in [5.41, 5.74) is 6.57. The first kappa shape index (κ1) is 23.6. The van der Waals surface area contributed by atoms with E-state index in [1.165, 1.54) is 11.8 Å². The van der Waals surface area contributed by atoms with Crippen molar-refractivity contribution >= 4 is 34.1 Å². The fourth-order valence-corrected chi connectivity index (χ4v) is 5.07. The lowest BCUT2D eigenvalue weighted by molar-refractivity contribution is -0.0365. The monoisotopic (exact) mass is 505 g/mol. The Morgan fingerprint density at radius 1 is 0.946 bits per heavy atom. The number of aromatic nitrogens is 4. The third kappa shape index (κ3) is 4.92. The predicted molar refractivity (Wildman–Crippen MR) is 150 cm³/mol. The fraction of sp³-hybridized carbons (Fsp3) is 0.200. The molecule has 1 fully saturated rings. The number of benzene rings is 3. The first-order valence-corrected chi connectivity index (χ1v) is 13.7. The van der Waals surface area contributed by atoms with Gasteiger partial charge in [0, 0.05) is 29.3 Å². The maximum Gasteiger partial charge on any atom is 0.187 e. The van der Waals surface area contributed by atoms with Crippen molar-refractivity contribution in [3.63, 3.8) is 0 Å². The highest BCUT2D eigenvalue weighted by Gasteiger charge is 2.23. The second kappa shape index (κ2) is 10.7. The van der Waals surface area contributed by atoms with Crippen LogP contribution in [-0.2, 0) is 4.74 Å². The SMILES string of the molecule is CSc1nccc(-c2nn(C3CCCCO3)c3ccc(N=C(c4ccccc4)c4ccccc4)cc23)n1. The van der Waals surface area contributed by atoms with Gasteiger partial charge in [-0.15, -0.1) is 0 Å². The van der Waals surface area contributed by atoms with Gasteiger partial charge in [0.1, 0.15) is 5.69 Å². The largest absolute Gasteiger partial charge is 0.356 e. The number of aliphatic imine (C=N–C) groups is 1. The summed E-state index contributed by atoms with van der Waals surface area (Å²) in [6.45, 7) is 0.755. The van der Waals surface area contributed by atoms with Crippen molar-refractivity contribution in [2.75, 3.05) is 12.9 Å². The molecule has 1 saturated heterocycles. The van der Waals surface area contributed by atoms with E-state index in [-0.39, 0.29) is 6.23 Å². The quantitative estimate of drug-likeness (QED) is 0.140. The highest BCUT2D eigenvalue weighted by Crippen LogP contribution is 2.35. The molecule has 6 rings (SSSR count). The van der Waals surface area contributed by atoms with Gasteiger partial charge in [0.25, 0.3) is 0 Å². The van der Waals surface area contributed by atoms with E-state index in [4.69, 9.17) is 19.8 Å². The van der Waals surface area contributed by atoms with Crippen LogP contribution in [-0.4, -0.2) is 38.3 Å². The summed E-state index contributed by atoms with van der Waals surface area (Å²) in [5.74, 6) is 0. The summed E-state index contributed by atoms with van der Waals surface area (Å²) in [6.07, 6.45) is 6.86. The Labute approximate surface area is 220 Å². The summed E-state index contributed by atoms with van der Waals surface area (Å²) in [7, 11) is 0. The van der Waals surface area contributed by atoms with Crippen LogP contribution in [0.1, 0.15) is 36.6 Å². The first-order valence-electron chi connectivity index (χ1n) is 12.5. The van der Waals surface area contributed by atoms with Crippen LogP contribution >= 0.6 is 11.8 Å². The third-order valence-corrected chi connectivity index (χ3v) is 7.07. The van der Waals surface area contributed by atoms with E-state index in [0.717, 1.165) is 75.8 Å². The molecule has 5 aromatic rings. The Hall–Kier alpha value is -3.81. The van der Waals surface area contributed by atoms with Gasteiger partial charge in [-0.3, -0.25) is 0 Å². The van der Waals surface area contributed by atoms with Crippen molar-refractivity contribution in [1.82, 2.24) is 19.7 Å². The molecular formula is C30H27N5OS. The number of hydrogen-bond donors (Lipinski definition) is 0. The Bertz CT molecular complexity index is 1500. The van der Waals surface area contributed by atoms with Crippen LogP contribution in [0.5, 0.6) is 0 Å². The van der Waals surface area contributed by atoms with E-state index < -0.39 is 0 Å². The Morgan fingerprint density at radius 2 is 1.70 bits per heavy atom. The van der Waals surface area contributed by atoms with Crippen molar-refractivity contribution in [3.8, 4) is 11.4 Å². The zero-order chi connectivity index (χ0) is 25.0. The zero-order valence-electron chi connectivity index (χ0n) is 20.6. The number of thioether (sulfide) groups is 1. The van der Waals surface area contributed by atoms with Gasteiger partial charge in [-0.25, -0.2) is 19.6 Å². The lowest BCUT2D eigenvalue weighted by Crippen LogP contribution is -2.19. The van der Waals surface area contributed by atoms with E-state index in [9.17, 15) is 0 Å². The highest BCUT2D eigenvalue weighted by molar-refractivity contribution is 7.98. The van der Waals surface area contributed by atoms with Gasteiger partial charge in [0.2, 0.25) is 0 Å². The molecule has 3 aromatic carbocycles. The summed E-state index contributed by atoms with van der Waals surface area (Å²) >= 11 is 1.52. The minimum Gasteiger partial charge on any atom is -0.356 e.